The maximum Gasteiger partial charge on any atom is 0.298 e. The maximum absolute atomic E-state index is 12.7. The molecule has 0 atom stereocenters. The molecule has 3 aromatic rings. The second-order valence-corrected chi connectivity index (χ2v) is 9.16. The highest BCUT2D eigenvalue weighted by Gasteiger charge is 2.36. The Balaban J connectivity index is 1.45. The third-order valence-corrected chi connectivity index (χ3v) is 6.18. The molecular formula is C23H15ClINO3S. The van der Waals surface area contributed by atoms with Crippen LogP contribution in [0.15, 0.2) is 77.7 Å². The molecule has 30 heavy (non-hydrogen) atoms. The van der Waals surface area contributed by atoms with Gasteiger partial charge in [-0.25, -0.2) is 4.90 Å². The number of anilines is 1. The molecule has 150 valence electrons. The predicted octanol–water partition coefficient (Wildman–Crippen LogP) is 6.76. The van der Waals surface area contributed by atoms with Gasteiger partial charge in [0.2, 0.25) is 0 Å². The fourth-order valence-electron chi connectivity index (χ4n) is 2.86. The van der Waals surface area contributed by atoms with Crippen molar-refractivity contribution in [2.45, 2.75) is 6.61 Å². The second-order valence-electron chi connectivity index (χ2n) is 6.48. The van der Waals surface area contributed by atoms with E-state index in [1.807, 2.05) is 48.5 Å². The highest BCUT2D eigenvalue weighted by Crippen LogP contribution is 2.36. The Morgan fingerprint density at radius 3 is 2.43 bits per heavy atom. The molecule has 0 saturated carbocycles. The van der Waals surface area contributed by atoms with E-state index in [-0.39, 0.29) is 11.1 Å². The van der Waals surface area contributed by atoms with Gasteiger partial charge in [0.1, 0.15) is 12.4 Å². The topological polar surface area (TPSA) is 46.6 Å². The fraction of sp³-hybridized carbons (Fsp3) is 0.0435. The summed E-state index contributed by atoms with van der Waals surface area (Å²) >= 11 is 9.17. The molecule has 0 aliphatic carbocycles. The first kappa shape index (κ1) is 21.0. The molecule has 3 aromatic carbocycles. The minimum absolute atomic E-state index is 0.342. The van der Waals surface area contributed by atoms with E-state index in [0.717, 1.165) is 33.5 Å². The molecule has 0 bridgehead atoms. The zero-order chi connectivity index (χ0) is 21.1. The number of carbonyl (C=O) groups is 2. The maximum atomic E-state index is 12.7. The standard InChI is InChI=1S/C23H15ClINO3S/c24-17-2-1-3-19(13-17)26-22(27)21(30-23(26)28)12-15-6-10-20(11-7-15)29-14-16-4-8-18(25)9-5-16/h1-13H,14H2/b21-12+. The van der Waals surface area contributed by atoms with Crippen LogP contribution in [-0.2, 0) is 11.4 Å². The van der Waals surface area contributed by atoms with Gasteiger partial charge in [-0.2, -0.15) is 0 Å². The van der Waals surface area contributed by atoms with Crippen molar-refractivity contribution in [3.05, 3.63) is 97.4 Å². The number of halogens is 2. The number of hydrogen-bond acceptors (Lipinski definition) is 4. The number of hydrogen-bond donors (Lipinski definition) is 0. The molecule has 7 heteroatoms. The lowest BCUT2D eigenvalue weighted by atomic mass is 10.2. The first-order chi connectivity index (χ1) is 14.5. The number of amides is 2. The molecule has 0 radical (unpaired) electrons. The van der Waals surface area contributed by atoms with Crippen molar-refractivity contribution in [2.24, 2.45) is 0 Å². The number of ether oxygens (including phenoxy) is 1. The molecule has 2 amide bonds. The molecule has 1 aliphatic rings. The summed E-state index contributed by atoms with van der Waals surface area (Å²) < 4.78 is 6.99. The van der Waals surface area contributed by atoms with Crippen molar-refractivity contribution in [1.29, 1.82) is 0 Å². The molecule has 1 saturated heterocycles. The Morgan fingerprint density at radius 1 is 1.00 bits per heavy atom. The van der Waals surface area contributed by atoms with Crippen LogP contribution < -0.4 is 9.64 Å². The summed E-state index contributed by atoms with van der Waals surface area (Å²) in [7, 11) is 0. The lowest BCUT2D eigenvalue weighted by Crippen LogP contribution is -2.27. The zero-order valence-corrected chi connectivity index (χ0v) is 19.3. The van der Waals surface area contributed by atoms with E-state index in [1.54, 1.807) is 30.3 Å². The SMILES string of the molecule is O=C1S/C(=C/c2ccc(OCc3ccc(I)cc3)cc2)C(=O)N1c1cccc(Cl)c1. The molecule has 0 N–H and O–H groups in total. The number of nitrogens with zero attached hydrogens (tertiary/aromatic N) is 1. The first-order valence-electron chi connectivity index (χ1n) is 9.00. The van der Waals surface area contributed by atoms with Crippen LogP contribution in [0.1, 0.15) is 11.1 Å². The van der Waals surface area contributed by atoms with Gasteiger partial charge < -0.3 is 4.74 Å². The fourth-order valence-corrected chi connectivity index (χ4v) is 4.25. The summed E-state index contributed by atoms with van der Waals surface area (Å²) in [5, 5.41) is 0.127. The Kier molecular flexibility index (Phi) is 6.46. The minimum atomic E-state index is -0.355. The average Bonchev–Trinajstić information content (AvgIpc) is 3.01. The van der Waals surface area contributed by atoms with Gasteiger partial charge >= 0.3 is 0 Å². The highest BCUT2D eigenvalue weighted by atomic mass is 127. The lowest BCUT2D eigenvalue weighted by Gasteiger charge is -2.12. The number of carbonyl (C=O) groups excluding carboxylic acids is 2. The van der Waals surface area contributed by atoms with Gasteiger partial charge in [-0.05, 0) is 94.0 Å². The Morgan fingerprint density at radius 2 is 1.73 bits per heavy atom. The molecule has 1 fully saturated rings. The van der Waals surface area contributed by atoms with Crippen molar-refractivity contribution >= 4 is 68.9 Å². The minimum Gasteiger partial charge on any atom is -0.489 e. The summed E-state index contributed by atoms with van der Waals surface area (Å²) in [6, 6.07) is 22.2. The van der Waals surface area contributed by atoms with E-state index in [4.69, 9.17) is 16.3 Å². The van der Waals surface area contributed by atoms with Crippen molar-refractivity contribution in [1.82, 2.24) is 0 Å². The van der Waals surface area contributed by atoms with Crippen LogP contribution in [0, 0.1) is 3.57 Å². The van der Waals surface area contributed by atoms with Crippen molar-refractivity contribution < 1.29 is 14.3 Å². The quantitative estimate of drug-likeness (QED) is 0.261. The van der Waals surface area contributed by atoms with E-state index in [0.29, 0.717) is 22.2 Å². The Labute approximate surface area is 197 Å². The summed E-state index contributed by atoms with van der Waals surface area (Å²) in [5.74, 6) is 0.379. The van der Waals surface area contributed by atoms with Gasteiger partial charge in [0.05, 0.1) is 10.6 Å². The van der Waals surface area contributed by atoms with Crippen LogP contribution in [0.4, 0.5) is 10.5 Å². The molecule has 4 nitrogen and oxygen atoms in total. The zero-order valence-electron chi connectivity index (χ0n) is 15.5. The van der Waals surface area contributed by atoms with E-state index in [1.165, 1.54) is 3.57 Å². The van der Waals surface area contributed by atoms with Gasteiger partial charge in [-0.15, -0.1) is 0 Å². The predicted molar refractivity (Wildman–Crippen MR) is 130 cm³/mol. The monoisotopic (exact) mass is 547 g/mol. The van der Waals surface area contributed by atoms with Crippen LogP contribution in [0.5, 0.6) is 5.75 Å². The summed E-state index contributed by atoms with van der Waals surface area (Å²) in [6.07, 6.45) is 1.71. The van der Waals surface area contributed by atoms with Crippen LogP contribution in [0.3, 0.4) is 0 Å². The second kappa shape index (κ2) is 9.24. The van der Waals surface area contributed by atoms with Gasteiger partial charge in [-0.3, -0.25) is 9.59 Å². The van der Waals surface area contributed by atoms with Gasteiger partial charge in [0.15, 0.2) is 0 Å². The average molecular weight is 548 g/mol. The molecular weight excluding hydrogens is 533 g/mol. The van der Waals surface area contributed by atoms with E-state index >= 15 is 0 Å². The summed E-state index contributed by atoms with van der Waals surface area (Å²) in [6.45, 7) is 0.481. The van der Waals surface area contributed by atoms with Crippen molar-refractivity contribution in [3.8, 4) is 5.75 Å². The largest absolute Gasteiger partial charge is 0.489 e. The van der Waals surface area contributed by atoms with E-state index in [9.17, 15) is 9.59 Å². The summed E-state index contributed by atoms with van der Waals surface area (Å²) in [5.41, 5.74) is 2.37. The number of imide groups is 1. The van der Waals surface area contributed by atoms with E-state index in [2.05, 4.69) is 22.6 Å². The third kappa shape index (κ3) is 4.88. The molecule has 0 spiro atoms. The molecule has 0 aromatic heterocycles. The summed E-state index contributed by atoms with van der Waals surface area (Å²) in [4.78, 5) is 26.6. The Bertz CT molecular complexity index is 1130. The first-order valence-corrected chi connectivity index (χ1v) is 11.3. The van der Waals surface area contributed by atoms with Crippen molar-refractivity contribution in [2.75, 3.05) is 4.90 Å². The molecule has 4 rings (SSSR count). The van der Waals surface area contributed by atoms with E-state index < -0.39 is 0 Å². The van der Waals surface area contributed by atoms with Gasteiger partial charge in [-0.1, -0.05) is 41.9 Å². The lowest BCUT2D eigenvalue weighted by molar-refractivity contribution is -0.113. The van der Waals surface area contributed by atoms with Crippen molar-refractivity contribution in [3.63, 3.8) is 0 Å². The molecule has 0 unspecified atom stereocenters. The molecule has 1 aliphatic heterocycles. The number of benzene rings is 3. The third-order valence-electron chi connectivity index (χ3n) is 4.36. The van der Waals surface area contributed by atoms with Crippen LogP contribution in [0.2, 0.25) is 5.02 Å². The van der Waals surface area contributed by atoms with Gasteiger partial charge in [0.25, 0.3) is 11.1 Å². The smallest absolute Gasteiger partial charge is 0.298 e. The van der Waals surface area contributed by atoms with Gasteiger partial charge in [0, 0.05) is 8.59 Å². The number of thioether (sulfide) groups is 1. The molecule has 1 heterocycles. The Hall–Kier alpha value is -2.29. The highest BCUT2D eigenvalue weighted by molar-refractivity contribution is 14.1. The van der Waals surface area contributed by atoms with Crippen LogP contribution >= 0.6 is 46.0 Å². The normalized spacial score (nSPS) is 15.1. The van der Waals surface area contributed by atoms with Crippen LogP contribution in [-0.4, -0.2) is 11.1 Å². The van der Waals surface area contributed by atoms with Crippen LogP contribution in [0.25, 0.3) is 6.08 Å². The number of rotatable bonds is 5.